The van der Waals surface area contributed by atoms with E-state index in [4.69, 9.17) is 5.73 Å². The van der Waals surface area contributed by atoms with Crippen LogP contribution in [0.5, 0.6) is 0 Å². The van der Waals surface area contributed by atoms with Crippen LogP contribution in [0.25, 0.3) is 11.0 Å². The maximum absolute atomic E-state index is 5.81. The van der Waals surface area contributed by atoms with Crippen molar-refractivity contribution in [3.63, 3.8) is 0 Å². The van der Waals surface area contributed by atoms with E-state index in [9.17, 15) is 0 Å². The van der Waals surface area contributed by atoms with Gasteiger partial charge in [-0.3, -0.25) is 0 Å². The molecule has 20 heavy (non-hydrogen) atoms. The molecule has 0 fully saturated rings. The van der Waals surface area contributed by atoms with E-state index >= 15 is 0 Å². The predicted octanol–water partition coefficient (Wildman–Crippen LogP) is 4.53. The van der Waals surface area contributed by atoms with Gasteiger partial charge in [0.1, 0.15) is 5.82 Å². The van der Waals surface area contributed by atoms with Crippen LogP contribution in [0.1, 0.15) is 51.8 Å². The Labute approximate surface area is 122 Å². The summed E-state index contributed by atoms with van der Waals surface area (Å²) in [6, 6.07) is 6.01. The van der Waals surface area contributed by atoms with Crippen molar-refractivity contribution in [3.05, 3.63) is 24.0 Å². The van der Waals surface area contributed by atoms with E-state index < -0.39 is 0 Å². The third kappa shape index (κ3) is 3.75. The number of benzene rings is 1. The van der Waals surface area contributed by atoms with Crippen LogP contribution in [0.2, 0.25) is 0 Å². The Morgan fingerprint density at radius 3 is 2.65 bits per heavy atom. The summed E-state index contributed by atoms with van der Waals surface area (Å²) in [6.45, 7) is 7.74. The fourth-order valence-corrected chi connectivity index (χ4v) is 2.73. The molecule has 0 spiro atoms. The molecule has 2 rings (SSSR count). The lowest BCUT2D eigenvalue weighted by molar-refractivity contribution is 0.506. The molecule has 0 amide bonds. The number of hydrogen-bond donors (Lipinski definition) is 1. The molecule has 1 aromatic carbocycles. The molecule has 0 aliphatic carbocycles. The van der Waals surface area contributed by atoms with Crippen molar-refractivity contribution < 1.29 is 0 Å². The molecule has 0 bridgehead atoms. The minimum Gasteiger partial charge on any atom is -0.399 e. The quantitative estimate of drug-likeness (QED) is 0.595. The average Bonchev–Trinajstić information content (AvgIpc) is 2.68. The van der Waals surface area contributed by atoms with Gasteiger partial charge in [0.15, 0.2) is 0 Å². The minimum atomic E-state index is 0.788. The van der Waals surface area contributed by atoms with E-state index in [0.29, 0.717) is 0 Å². The third-order valence-electron chi connectivity index (χ3n) is 3.88. The largest absolute Gasteiger partial charge is 0.399 e. The number of hydrogen-bond acceptors (Lipinski definition) is 2. The molecular formula is C17H27N3. The van der Waals surface area contributed by atoms with Gasteiger partial charge >= 0.3 is 0 Å². The highest BCUT2D eigenvalue weighted by molar-refractivity contribution is 5.79. The number of aromatic nitrogens is 2. The second-order valence-electron chi connectivity index (χ2n) is 6.16. The third-order valence-corrected chi connectivity index (χ3v) is 3.88. The first-order valence-electron chi connectivity index (χ1n) is 7.80. The number of aryl methyl sites for hydroxylation is 2. The Balaban J connectivity index is 1.88. The number of nitrogens with zero attached hydrogens (tertiary/aromatic N) is 2. The van der Waals surface area contributed by atoms with Gasteiger partial charge < -0.3 is 10.3 Å². The predicted molar refractivity (Wildman–Crippen MR) is 86.8 cm³/mol. The number of fused-ring (bicyclic) bond motifs is 1. The van der Waals surface area contributed by atoms with Crippen molar-refractivity contribution in [2.75, 3.05) is 5.73 Å². The normalized spacial score (nSPS) is 11.6. The Hall–Kier alpha value is -1.51. The number of unbranched alkanes of at least 4 members (excludes halogenated alkanes) is 3. The van der Waals surface area contributed by atoms with Gasteiger partial charge in [0.05, 0.1) is 11.0 Å². The molecule has 110 valence electrons. The van der Waals surface area contributed by atoms with E-state index in [1.807, 2.05) is 12.1 Å². The molecule has 1 heterocycles. The van der Waals surface area contributed by atoms with Gasteiger partial charge in [-0.25, -0.2) is 4.98 Å². The van der Waals surface area contributed by atoms with Gasteiger partial charge in [-0.05, 0) is 37.5 Å². The van der Waals surface area contributed by atoms with Crippen LogP contribution < -0.4 is 5.73 Å². The molecule has 3 heteroatoms. The molecule has 0 radical (unpaired) electrons. The van der Waals surface area contributed by atoms with Crippen molar-refractivity contribution in [3.8, 4) is 0 Å². The Morgan fingerprint density at radius 1 is 1.15 bits per heavy atom. The Kier molecular flexibility index (Phi) is 5.05. The van der Waals surface area contributed by atoms with Crippen molar-refractivity contribution in [2.24, 2.45) is 5.92 Å². The molecule has 0 saturated heterocycles. The van der Waals surface area contributed by atoms with Gasteiger partial charge in [0.2, 0.25) is 0 Å². The molecule has 1 aromatic heterocycles. The van der Waals surface area contributed by atoms with Crippen LogP contribution in [0.3, 0.4) is 0 Å². The summed E-state index contributed by atoms with van der Waals surface area (Å²) in [6.07, 6.45) is 6.59. The highest BCUT2D eigenvalue weighted by Crippen LogP contribution is 2.20. The van der Waals surface area contributed by atoms with Gasteiger partial charge in [-0.15, -0.1) is 0 Å². The highest BCUT2D eigenvalue weighted by Gasteiger charge is 2.07. The number of rotatable bonds is 7. The first-order chi connectivity index (χ1) is 9.58. The van der Waals surface area contributed by atoms with Gasteiger partial charge in [0, 0.05) is 12.2 Å². The number of anilines is 1. The maximum Gasteiger partial charge on any atom is 0.106 e. The molecule has 0 aliphatic rings. The number of nitrogen functional groups attached to an aromatic ring is 1. The van der Waals surface area contributed by atoms with Gasteiger partial charge in [0.25, 0.3) is 0 Å². The molecule has 3 nitrogen and oxygen atoms in total. The van der Waals surface area contributed by atoms with Crippen LogP contribution >= 0.6 is 0 Å². The average molecular weight is 273 g/mol. The van der Waals surface area contributed by atoms with Crippen LogP contribution in [0.4, 0.5) is 5.69 Å². The summed E-state index contributed by atoms with van der Waals surface area (Å²) >= 11 is 0. The zero-order valence-electron chi connectivity index (χ0n) is 13.0. The number of imidazole rings is 1. The van der Waals surface area contributed by atoms with Crippen molar-refractivity contribution in [2.45, 2.75) is 59.4 Å². The summed E-state index contributed by atoms with van der Waals surface area (Å²) < 4.78 is 2.32. The molecule has 2 aromatic rings. The van der Waals surface area contributed by atoms with Crippen LogP contribution in [0.15, 0.2) is 18.2 Å². The summed E-state index contributed by atoms with van der Waals surface area (Å²) in [5.74, 6) is 1.92. The lowest BCUT2D eigenvalue weighted by atomic mass is 10.0. The van der Waals surface area contributed by atoms with Crippen LogP contribution in [-0.4, -0.2) is 9.55 Å². The van der Waals surface area contributed by atoms with Crippen molar-refractivity contribution in [1.29, 1.82) is 0 Å². The standard InChI is InChI=1S/C17H27N3/c1-13(2)8-6-4-5-7-11-20-14(3)19-16-12-15(18)9-10-17(16)20/h9-10,12-13H,4-8,11,18H2,1-3H3. The van der Waals surface area contributed by atoms with Crippen LogP contribution in [0, 0.1) is 12.8 Å². The highest BCUT2D eigenvalue weighted by atomic mass is 15.1. The molecule has 0 saturated carbocycles. The van der Waals surface area contributed by atoms with E-state index in [0.717, 1.165) is 29.5 Å². The summed E-state index contributed by atoms with van der Waals surface area (Å²) in [7, 11) is 0. The Morgan fingerprint density at radius 2 is 1.90 bits per heavy atom. The monoisotopic (exact) mass is 273 g/mol. The molecule has 2 N–H and O–H groups in total. The zero-order chi connectivity index (χ0) is 14.5. The first kappa shape index (κ1) is 14.9. The molecule has 0 unspecified atom stereocenters. The molecule has 0 aliphatic heterocycles. The SMILES string of the molecule is Cc1nc2cc(N)ccc2n1CCCCCCC(C)C. The second kappa shape index (κ2) is 6.78. The second-order valence-corrected chi connectivity index (χ2v) is 6.16. The van der Waals surface area contributed by atoms with E-state index in [-0.39, 0.29) is 0 Å². The maximum atomic E-state index is 5.81. The fourth-order valence-electron chi connectivity index (χ4n) is 2.73. The van der Waals surface area contributed by atoms with Gasteiger partial charge in [-0.1, -0.05) is 39.5 Å². The molecular weight excluding hydrogens is 246 g/mol. The van der Waals surface area contributed by atoms with Gasteiger partial charge in [-0.2, -0.15) is 0 Å². The van der Waals surface area contributed by atoms with Crippen LogP contribution in [-0.2, 0) is 6.54 Å². The molecule has 0 atom stereocenters. The zero-order valence-corrected chi connectivity index (χ0v) is 13.0. The fraction of sp³-hybridized carbons (Fsp3) is 0.588. The number of nitrogens with two attached hydrogens (primary N) is 1. The van der Waals surface area contributed by atoms with Crippen molar-refractivity contribution in [1.82, 2.24) is 9.55 Å². The summed E-state index contributed by atoms with van der Waals surface area (Å²) in [4.78, 5) is 4.60. The lowest BCUT2D eigenvalue weighted by Crippen LogP contribution is -2.00. The summed E-state index contributed by atoms with van der Waals surface area (Å²) in [5.41, 5.74) is 8.82. The van der Waals surface area contributed by atoms with Crippen molar-refractivity contribution >= 4 is 16.7 Å². The van der Waals surface area contributed by atoms with E-state index in [1.165, 1.54) is 37.6 Å². The van der Waals surface area contributed by atoms with E-state index in [1.54, 1.807) is 0 Å². The Bertz CT molecular complexity index is 555. The topological polar surface area (TPSA) is 43.8 Å². The minimum absolute atomic E-state index is 0.788. The smallest absolute Gasteiger partial charge is 0.106 e. The summed E-state index contributed by atoms with van der Waals surface area (Å²) in [5, 5.41) is 0. The first-order valence-corrected chi connectivity index (χ1v) is 7.80. The lowest BCUT2D eigenvalue weighted by Gasteiger charge is -2.08. The van der Waals surface area contributed by atoms with E-state index in [2.05, 4.69) is 36.4 Å².